The van der Waals surface area contributed by atoms with Crippen molar-refractivity contribution in [1.29, 1.82) is 0 Å². The van der Waals surface area contributed by atoms with Crippen molar-refractivity contribution in [3.63, 3.8) is 0 Å². The highest BCUT2D eigenvalue weighted by Gasteiger charge is 2.39. The van der Waals surface area contributed by atoms with E-state index in [0.717, 1.165) is 55.7 Å². The van der Waals surface area contributed by atoms with E-state index in [1.165, 1.54) is 56.3 Å². The van der Waals surface area contributed by atoms with E-state index in [1.54, 1.807) is 24.3 Å². The first-order valence-electron chi connectivity index (χ1n) is 22.0. The van der Waals surface area contributed by atoms with Gasteiger partial charge in [0.25, 0.3) is 0 Å². The Morgan fingerprint density at radius 3 is 1.33 bits per heavy atom. The first kappa shape index (κ1) is 40.3. The fraction of sp³-hybridized carbons (Fsp3) is 0.186. The summed E-state index contributed by atoms with van der Waals surface area (Å²) in [7, 11) is 0. The molecule has 63 heavy (non-hydrogen) atoms. The second kappa shape index (κ2) is 14.7. The van der Waals surface area contributed by atoms with Gasteiger partial charge in [0, 0.05) is 38.6 Å². The SMILES string of the molecule is CC(C)(C)c1ccc(N(c2cccc(F)c2)c2ccc3c(c2)C(C)(C)c2cc(N(c4cccc(F)c4)c4ccc(C(C)(C)C)c5ccccc45)c4ccccc4c2-3)c2ccccc12. The number of nitrogens with zero attached hydrogens (tertiary/aromatic N) is 2. The molecule has 0 spiro atoms. The number of fused-ring (bicyclic) bond motifs is 7. The molecule has 0 bridgehead atoms. The number of rotatable bonds is 6. The maximum absolute atomic E-state index is 15.4. The zero-order chi connectivity index (χ0) is 44.0. The molecule has 10 rings (SSSR count). The van der Waals surface area contributed by atoms with E-state index in [-0.39, 0.29) is 22.5 Å². The zero-order valence-corrected chi connectivity index (χ0v) is 37.3. The average Bonchev–Trinajstić information content (AvgIpc) is 3.48. The first-order valence-corrected chi connectivity index (χ1v) is 22.0. The summed E-state index contributed by atoms with van der Waals surface area (Å²) in [5, 5.41) is 6.77. The van der Waals surface area contributed by atoms with Crippen LogP contribution in [0.5, 0.6) is 0 Å². The Bertz CT molecular complexity index is 3270. The number of hydrogen-bond donors (Lipinski definition) is 0. The van der Waals surface area contributed by atoms with Crippen LogP contribution in [0.15, 0.2) is 170 Å². The van der Waals surface area contributed by atoms with Gasteiger partial charge in [-0.3, -0.25) is 0 Å². The van der Waals surface area contributed by atoms with Gasteiger partial charge in [-0.2, -0.15) is 0 Å². The van der Waals surface area contributed by atoms with Crippen LogP contribution in [-0.2, 0) is 16.2 Å². The lowest BCUT2D eigenvalue weighted by Crippen LogP contribution is -2.18. The van der Waals surface area contributed by atoms with Crippen molar-refractivity contribution in [2.45, 2.75) is 71.6 Å². The standard InChI is InChI=1S/C59H52F2N2/c1-57(2,3)49-29-31-53(44-23-11-9-21-42(44)49)62(39-19-15-17-37(60)33-39)41-27-28-48-51(35-41)59(7,8)52-36-55(46-25-13-14-26-47(46)56(48)52)63(40-20-16-18-38(61)34-40)54-32-30-50(58(4,5)6)43-22-10-12-24-45(43)54/h9-36H,1-8H3. The molecule has 0 aromatic heterocycles. The molecule has 0 N–H and O–H groups in total. The van der Waals surface area contributed by atoms with Crippen molar-refractivity contribution in [2.75, 3.05) is 9.80 Å². The topological polar surface area (TPSA) is 6.48 Å². The van der Waals surface area contributed by atoms with Crippen LogP contribution in [0.1, 0.15) is 77.6 Å². The smallest absolute Gasteiger partial charge is 0.125 e. The minimum absolute atomic E-state index is 0.0694. The van der Waals surface area contributed by atoms with Gasteiger partial charge in [0.2, 0.25) is 0 Å². The summed E-state index contributed by atoms with van der Waals surface area (Å²) in [5.41, 5.74) is 12.1. The van der Waals surface area contributed by atoms with Crippen LogP contribution < -0.4 is 9.80 Å². The van der Waals surface area contributed by atoms with Crippen LogP contribution in [0.25, 0.3) is 43.4 Å². The zero-order valence-electron chi connectivity index (χ0n) is 37.3. The first-order chi connectivity index (χ1) is 30.1. The van der Waals surface area contributed by atoms with Crippen molar-refractivity contribution in [3.05, 3.63) is 204 Å². The molecule has 4 heteroatoms. The Morgan fingerprint density at radius 2 is 0.825 bits per heavy atom. The number of anilines is 6. The van der Waals surface area contributed by atoms with Gasteiger partial charge in [-0.05, 0) is 127 Å². The van der Waals surface area contributed by atoms with Crippen LogP contribution in [0.3, 0.4) is 0 Å². The van der Waals surface area contributed by atoms with Gasteiger partial charge >= 0.3 is 0 Å². The lowest BCUT2D eigenvalue weighted by molar-refractivity contribution is 0.595. The summed E-state index contributed by atoms with van der Waals surface area (Å²) in [6.07, 6.45) is 0. The quantitative estimate of drug-likeness (QED) is 0.165. The molecule has 0 atom stereocenters. The minimum Gasteiger partial charge on any atom is -0.310 e. The summed E-state index contributed by atoms with van der Waals surface area (Å²) in [5.74, 6) is -0.577. The van der Waals surface area contributed by atoms with Crippen LogP contribution in [0.4, 0.5) is 42.9 Å². The van der Waals surface area contributed by atoms with Gasteiger partial charge in [-0.25, -0.2) is 8.78 Å². The molecule has 1 aliphatic rings. The summed E-state index contributed by atoms with van der Waals surface area (Å²) in [6, 6.07) is 57.6. The van der Waals surface area contributed by atoms with E-state index in [0.29, 0.717) is 0 Å². The van der Waals surface area contributed by atoms with Gasteiger partial charge in [0.1, 0.15) is 11.6 Å². The fourth-order valence-corrected chi connectivity index (χ4v) is 10.2. The van der Waals surface area contributed by atoms with Crippen molar-refractivity contribution >= 4 is 66.4 Å². The van der Waals surface area contributed by atoms with Crippen molar-refractivity contribution in [3.8, 4) is 11.1 Å². The summed E-state index contributed by atoms with van der Waals surface area (Å²) < 4.78 is 30.6. The summed E-state index contributed by atoms with van der Waals surface area (Å²) in [4.78, 5) is 4.46. The van der Waals surface area contributed by atoms with Gasteiger partial charge < -0.3 is 9.80 Å². The lowest BCUT2D eigenvalue weighted by atomic mass is 9.81. The molecule has 312 valence electrons. The third kappa shape index (κ3) is 6.66. The molecule has 0 amide bonds. The molecule has 9 aromatic rings. The molecule has 0 saturated carbocycles. The molecule has 0 fully saturated rings. The van der Waals surface area contributed by atoms with Crippen LogP contribution in [0, 0.1) is 11.6 Å². The van der Waals surface area contributed by atoms with Crippen molar-refractivity contribution in [2.24, 2.45) is 0 Å². The van der Waals surface area contributed by atoms with Gasteiger partial charge in [0.15, 0.2) is 0 Å². The highest BCUT2D eigenvalue weighted by Crippen LogP contribution is 2.56. The maximum atomic E-state index is 15.4. The van der Waals surface area contributed by atoms with E-state index in [1.807, 2.05) is 12.1 Å². The van der Waals surface area contributed by atoms with E-state index in [2.05, 4.69) is 187 Å². The lowest BCUT2D eigenvalue weighted by Gasteiger charge is -2.32. The molecular formula is C59H52F2N2. The Labute approximate surface area is 370 Å². The number of hydrogen-bond acceptors (Lipinski definition) is 2. The van der Waals surface area contributed by atoms with Crippen LogP contribution in [0.2, 0.25) is 0 Å². The number of benzene rings is 9. The molecule has 9 aromatic carbocycles. The van der Waals surface area contributed by atoms with E-state index in [4.69, 9.17) is 0 Å². The van der Waals surface area contributed by atoms with Gasteiger partial charge in [0.05, 0.1) is 17.1 Å². The van der Waals surface area contributed by atoms with Gasteiger partial charge in [-0.15, -0.1) is 0 Å². The van der Waals surface area contributed by atoms with Crippen molar-refractivity contribution < 1.29 is 8.78 Å². The van der Waals surface area contributed by atoms with Crippen LogP contribution in [-0.4, -0.2) is 0 Å². The predicted molar refractivity (Wildman–Crippen MR) is 263 cm³/mol. The molecule has 2 nitrogen and oxygen atoms in total. The molecule has 0 saturated heterocycles. The minimum atomic E-state index is -0.447. The van der Waals surface area contributed by atoms with E-state index < -0.39 is 5.41 Å². The highest BCUT2D eigenvalue weighted by molar-refractivity contribution is 6.12. The maximum Gasteiger partial charge on any atom is 0.125 e. The molecule has 0 heterocycles. The summed E-state index contributed by atoms with van der Waals surface area (Å²) >= 11 is 0. The Morgan fingerprint density at radius 1 is 0.381 bits per heavy atom. The fourth-order valence-electron chi connectivity index (χ4n) is 10.2. The van der Waals surface area contributed by atoms with E-state index >= 15 is 8.78 Å². The van der Waals surface area contributed by atoms with Crippen molar-refractivity contribution in [1.82, 2.24) is 0 Å². The second-order valence-electron chi connectivity index (χ2n) is 19.7. The Hall–Kier alpha value is -6.78. The summed E-state index contributed by atoms with van der Waals surface area (Å²) in [6.45, 7) is 18.1. The largest absolute Gasteiger partial charge is 0.310 e. The molecule has 1 aliphatic carbocycles. The third-order valence-corrected chi connectivity index (χ3v) is 13.2. The van der Waals surface area contributed by atoms with Gasteiger partial charge in [-0.1, -0.05) is 159 Å². The molecule has 0 unspecified atom stereocenters. The van der Waals surface area contributed by atoms with Crippen LogP contribution >= 0.6 is 0 Å². The monoisotopic (exact) mass is 826 g/mol. The average molecular weight is 827 g/mol. The Kier molecular flexibility index (Phi) is 9.38. The molecular weight excluding hydrogens is 775 g/mol. The predicted octanol–water partition coefficient (Wildman–Crippen LogP) is 17.3. The molecule has 0 radical (unpaired) electrons. The third-order valence-electron chi connectivity index (χ3n) is 13.2. The number of halogens is 2. The second-order valence-corrected chi connectivity index (χ2v) is 19.7. The molecule has 0 aliphatic heterocycles. The van der Waals surface area contributed by atoms with E-state index in [9.17, 15) is 0 Å². The highest BCUT2D eigenvalue weighted by atomic mass is 19.1. The Balaban J connectivity index is 1.20. The normalized spacial score (nSPS) is 13.4.